The molecule has 0 aliphatic carbocycles. The molecule has 0 aliphatic heterocycles. The minimum absolute atomic E-state index is 0.325. The van der Waals surface area contributed by atoms with Crippen molar-refractivity contribution >= 4 is 23.0 Å². The van der Waals surface area contributed by atoms with Gasteiger partial charge < -0.3 is 9.15 Å². The van der Waals surface area contributed by atoms with Crippen LogP contribution in [0.2, 0.25) is 0 Å². The average molecular weight is 244 g/mol. The summed E-state index contributed by atoms with van der Waals surface area (Å²) in [5, 5.41) is 1.09. The van der Waals surface area contributed by atoms with E-state index in [1.54, 1.807) is 6.08 Å². The van der Waals surface area contributed by atoms with Gasteiger partial charge in [-0.05, 0) is 18.1 Å². The molecule has 3 heteroatoms. The van der Waals surface area contributed by atoms with Crippen LogP contribution >= 0.6 is 0 Å². The van der Waals surface area contributed by atoms with Gasteiger partial charge in [-0.2, -0.15) is 0 Å². The zero-order valence-corrected chi connectivity index (χ0v) is 10.8. The van der Waals surface area contributed by atoms with E-state index < -0.39 is 0 Å². The maximum absolute atomic E-state index is 11.1. The molecule has 1 aromatic carbocycles. The number of rotatable bonds is 3. The minimum atomic E-state index is -0.384. The molecule has 2 aromatic rings. The van der Waals surface area contributed by atoms with Crippen molar-refractivity contribution in [2.75, 3.05) is 7.11 Å². The summed E-state index contributed by atoms with van der Waals surface area (Å²) < 4.78 is 10.3. The molecule has 18 heavy (non-hydrogen) atoms. The quantitative estimate of drug-likeness (QED) is 0.610. The molecular formula is C15H16O3. The van der Waals surface area contributed by atoms with Gasteiger partial charge in [0, 0.05) is 17.0 Å². The first kappa shape index (κ1) is 12.4. The van der Waals surface area contributed by atoms with E-state index in [1.165, 1.54) is 13.2 Å². The molecule has 0 saturated carbocycles. The summed E-state index contributed by atoms with van der Waals surface area (Å²) in [6.07, 6.45) is 3.05. The lowest BCUT2D eigenvalue weighted by atomic mass is 9.99. The Hall–Kier alpha value is -2.03. The molecule has 0 atom stereocenters. The fourth-order valence-corrected chi connectivity index (χ4v) is 2.02. The van der Waals surface area contributed by atoms with Crippen molar-refractivity contribution < 1.29 is 13.9 Å². The molecule has 0 unspecified atom stereocenters. The van der Waals surface area contributed by atoms with Gasteiger partial charge in [-0.1, -0.05) is 32.0 Å². The van der Waals surface area contributed by atoms with E-state index in [9.17, 15) is 4.79 Å². The van der Waals surface area contributed by atoms with Gasteiger partial charge >= 0.3 is 5.97 Å². The van der Waals surface area contributed by atoms with Gasteiger partial charge in [0.05, 0.1) is 7.11 Å². The zero-order chi connectivity index (χ0) is 13.1. The van der Waals surface area contributed by atoms with Crippen molar-refractivity contribution in [3.05, 3.63) is 41.7 Å². The van der Waals surface area contributed by atoms with Gasteiger partial charge in [-0.15, -0.1) is 0 Å². The second kappa shape index (κ2) is 5.08. The van der Waals surface area contributed by atoms with Gasteiger partial charge in [-0.3, -0.25) is 0 Å². The minimum Gasteiger partial charge on any atom is -0.466 e. The highest BCUT2D eigenvalue weighted by atomic mass is 16.5. The second-order valence-electron chi connectivity index (χ2n) is 4.39. The van der Waals surface area contributed by atoms with Gasteiger partial charge in [0.25, 0.3) is 0 Å². The highest BCUT2D eigenvalue weighted by Crippen LogP contribution is 2.32. The normalized spacial score (nSPS) is 11.6. The van der Waals surface area contributed by atoms with Crippen molar-refractivity contribution in [3.8, 4) is 0 Å². The van der Waals surface area contributed by atoms with Crippen LogP contribution in [0.5, 0.6) is 0 Å². The van der Waals surface area contributed by atoms with Crippen LogP contribution in [0.4, 0.5) is 0 Å². The molecule has 3 nitrogen and oxygen atoms in total. The van der Waals surface area contributed by atoms with Crippen LogP contribution in [0.15, 0.2) is 34.8 Å². The lowest BCUT2D eigenvalue weighted by Gasteiger charge is -2.03. The molecule has 0 fully saturated rings. The Labute approximate surface area is 106 Å². The largest absolute Gasteiger partial charge is 0.466 e. The van der Waals surface area contributed by atoms with E-state index in [2.05, 4.69) is 18.6 Å². The summed E-state index contributed by atoms with van der Waals surface area (Å²) in [4.78, 5) is 11.1. The molecular weight excluding hydrogens is 228 g/mol. The van der Waals surface area contributed by atoms with E-state index in [-0.39, 0.29) is 5.97 Å². The fraction of sp³-hybridized carbons (Fsp3) is 0.267. The Morgan fingerprint density at radius 3 is 2.72 bits per heavy atom. The number of methoxy groups -OCH3 is 1. The van der Waals surface area contributed by atoms with Crippen LogP contribution in [-0.4, -0.2) is 13.1 Å². The number of benzene rings is 1. The number of hydrogen-bond acceptors (Lipinski definition) is 3. The number of para-hydroxylation sites is 1. The van der Waals surface area contributed by atoms with Crippen LogP contribution < -0.4 is 0 Å². The summed E-state index contributed by atoms with van der Waals surface area (Å²) in [7, 11) is 1.36. The van der Waals surface area contributed by atoms with Crippen molar-refractivity contribution in [2.24, 2.45) is 0 Å². The molecule has 1 heterocycles. The summed E-state index contributed by atoms with van der Waals surface area (Å²) in [6, 6.07) is 7.88. The predicted molar refractivity (Wildman–Crippen MR) is 71.4 cm³/mol. The number of esters is 1. The number of furan rings is 1. The third-order valence-corrected chi connectivity index (χ3v) is 2.81. The highest BCUT2D eigenvalue weighted by molar-refractivity contribution is 5.90. The van der Waals surface area contributed by atoms with Crippen molar-refractivity contribution in [1.82, 2.24) is 0 Å². The first-order chi connectivity index (χ1) is 8.63. The standard InChI is InChI=1S/C15H16O3/c1-10(2)15-11-6-4-5-7-12(11)18-13(15)8-9-14(16)17-3/h4-10H,1-3H3. The molecule has 1 aromatic heterocycles. The SMILES string of the molecule is COC(=O)C=Cc1oc2ccccc2c1C(C)C. The third-order valence-electron chi connectivity index (χ3n) is 2.81. The van der Waals surface area contributed by atoms with Crippen LogP contribution in [0.3, 0.4) is 0 Å². The topological polar surface area (TPSA) is 39.4 Å². The molecule has 0 saturated heterocycles. The molecule has 0 amide bonds. The first-order valence-electron chi connectivity index (χ1n) is 5.91. The highest BCUT2D eigenvalue weighted by Gasteiger charge is 2.14. The van der Waals surface area contributed by atoms with Crippen molar-refractivity contribution in [2.45, 2.75) is 19.8 Å². The molecule has 2 rings (SSSR count). The Kier molecular flexibility index (Phi) is 3.51. The molecule has 0 bridgehead atoms. The van der Waals surface area contributed by atoms with Gasteiger partial charge in [0.15, 0.2) is 0 Å². The monoisotopic (exact) mass is 244 g/mol. The first-order valence-corrected chi connectivity index (χ1v) is 5.91. The summed E-state index contributed by atoms with van der Waals surface area (Å²) in [5.41, 5.74) is 1.96. The fourth-order valence-electron chi connectivity index (χ4n) is 2.02. The van der Waals surface area contributed by atoms with Gasteiger partial charge in [0.2, 0.25) is 0 Å². The van der Waals surface area contributed by atoms with E-state index in [4.69, 9.17) is 4.42 Å². The van der Waals surface area contributed by atoms with E-state index in [0.717, 1.165) is 22.3 Å². The van der Waals surface area contributed by atoms with E-state index in [1.807, 2.05) is 24.3 Å². The second-order valence-corrected chi connectivity index (χ2v) is 4.39. The smallest absolute Gasteiger partial charge is 0.330 e. The van der Waals surface area contributed by atoms with Gasteiger partial charge in [-0.25, -0.2) is 4.79 Å². The van der Waals surface area contributed by atoms with Crippen LogP contribution in [0, 0.1) is 0 Å². The Bertz CT molecular complexity index is 591. The maximum Gasteiger partial charge on any atom is 0.330 e. The molecule has 0 radical (unpaired) electrons. The average Bonchev–Trinajstić information content (AvgIpc) is 2.74. The number of fused-ring (bicyclic) bond motifs is 1. The summed E-state index contributed by atoms with van der Waals surface area (Å²) in [6.45, 7) is 4.21. The number of carbonyl (C=O) groups is 1. The van der Waals surface area contributed by atoms with Crippen LogP contribution in [0.1, 0.15) is 31.1 Å². The Morgan fingerprint density at radius 2 is 2.06 bits per heavy atom. The summed E-state index contributed by atoms with van der Waals surface area (Å²) >= 11 is 0. The molecule has 0 N–H and O–H groups in total. The van der Waals surface area contributed by atoms with Crippen molar-refractivity contribution in [1.29, 1.82) is 0 Å². The molecule has 0 aliphatic rings. The summed E-state index contributed by atoms with van der Waals surface area (Å²) in [5.74, 6) is 0.660. The maximum atomic E-state index is 11.1. The van der Waals surface area contributed by atoms with Crippen molar-refractivity contribution in [3.63, 3.8) is 0 Å². The lowest BCUT2D eigenvalue weighted by Crippen LogP contribution is -1.94. The number of ether oxygens (including phenoxy) is 1. The predicted octanol–water partition coefficient (Wildman–Crippen LogP) is 3.74. The number of carbonyl (C=O) groups excluding carboxylic acids is 1. The van der Waals surface area contributed by atoms with E-state index in [0.29, 0.717) is 5.92 Å². The van der Waals surface area contributed by atoms with Gasteiger partial charge in [0.1, 0.15) is 11.3 Å². The lowest BCUT2D eigenvalue weighted by molar-refractivity contribution is -0.134. The molecule has 94 valence electrons. The van der Waals surface area contributed by atoms with E-state index >= 15 is 0 Å². The van der Waals surface area contributed by atoms with Crippen LogP contribution in [-0.2, 0) is 9.53 Å². The molecule has 0 spiro atoms. The Balaban J connectivity index is 2.52. The van der Waals surface area contributed by atoms with Crippen LogP contribution in [0.25, 0.3) is 17.0 Å². The Morgan fingerprint density at radius 1 is 1.33 bits per heavy atom. The third kappa shape index (κ3) is 2.30. The number of hydrogen-bond donors (Lipinski definition) is 0. The zero-order valence-electron chi connectivity index (χ0n) is 10.8.